The van der Waals surface area contributed by atoms with Crippen molar-refractivity contribution in [3.63, 3.8) is 0 Å². The lowest BCUT2D eigenvalue weighted by molar-refractivity contribution is 0.421. The van der Waals surface area contributed by atoms with Gasteiger partial charge in [0, 0.05) is 6.04 Å². The highest BCUT2D eigenvalue weighted by atomic mass is 15.0. The van der Waals surface area contributed by atoms with Crippen LogP contribution < -0.4 is 5.32 Å². The van der Waals surface area contributed by atoms with Gasteiger partial charge in [-0.2, -0.15) is 5.26 Å². The first kappa shape index (κ1) is 13.5. The minimum absolute atomic E-state index is 0.135. The average molecular weight is 222 g/mol. The molecule has 0 aliphatic heterocycles. The minimum Gasteiger partial charge on any atom is -0.314 e. The van der Waals surface area contributed by atoms with Crippen LogP contribution >= 0.6 is 0 Å². The van der Waals surface area contributed by atoms with E-state index >= 15 is 0 Å². The largest absolute Gasteiger partial charge is 0.314 e. The molecule has 0 aromatic heterocycles. The molecule has 1 rings (SSSR count). The smallest absolute Gasteiger partial charge is 0.0683 e. The van der Waals surface area contributed by atoms with Gasteiger partial charge in [0.2, 0.25) is 0 Å². The molecule has 0 spiro atoms. The summed E-state index contributed by atoms with van der Waals surface area (Å²) in [5.74, 6) is 0.959. The molecule has 1 aliphatic rings. The molecule has 2 atom stereocenters. The van der Waals surface area contributed by atoms with Gasteiger partial charge in [-0.1, -0.05) is 19.8 Å². The van der Waals surface area contributed by atoms with Gasteiger partial charge in [-0.05, 0) is 52.0 Å². The van der Waals surface area contributed by atoms with Crippen LogP contribution in [0.5, 0.6) is 0 Å². The molecule has 0 amide bonds. The molecular weight excluding hydrogens is 196 g/mol. The Morgan fingerprint density at radius 2 is 2.12 bits per heavy atom. The fraction of sp³-hybridized carbons (Fsp3) is 0.929. The van der Waals surface area contributed by atoms with Crippen molar-refractivity contribution in [1.29, 1.82) is 5.26 Å². The summed E-state index contributed by atoms with van der Waals surface area (Å²) >= 11 is 0. The number of hydrogen-bond donors (Lipinski definition) is 1. The van der Waals surface area contributed by atoms with Crippen LogP contribution in [0.25, 0.3) is 0 Å². The van der Waals surface area contributed by atoms with E-state index in [2.05, 4.69) is 18.3 Å². The normalized spacial score (nSPS) is 24.1. The summed E-state index contributed by atoms with van der Waals surface area (Å²) in [5.41, 5.74) is -0.135. The Bertz CT molecular complexity index is 240. The number of nitrogens with one attached hydrogen (secondary N) is 1. The lowest BCUT2D eigenvalue weighted by Gasteiger charge is -2.14. The van der Waals surface area contributed by atoms with E-state index in [0.717, 1.165) is 24.9 Å². The first-order chi connectivity index (χ1) is 7.59. The van der Waals surface area contributed by atoms with E-state index in [4.69, 9.17) is 5.26 Å². The number of unbranched alkanes of at least 4 members (excludes halogenated alkanes) is 1. The Hall–Kier alpha value is -0.550. The maximum absolute atomic E-state index is 8.88. The van der Waals surface area contributed by atoms with Crippen molar-refractivity contribution < 1.29 is 0 Å². The molecule has 0 aromatic rings. The van der Waals surface area contributed by atoms with Crippen LogP contribution in [-0.4, -0.2) is 12.6 Å². The summed E-state index contributed by atoms with van der Waals surface area (Å²) in [4.78, 5) is 0. The SMILES string of the molecule is CCCC1CC1NCCCCC(C)(C)C#N. The third-order valence-electron chi connectivity index (χ3n) is 3.52. The van der Waals surface area contributed by atoms with Gasteiger partial charge in [-0.15, -0.1) is 0 Å². The molecule has 1 aliphatic carbocycles. The predicted molar refractivity (Wildman–Crippen MR) is 68.1 cm³/mol. The van der Waals surface area contributed by atoms with Crippen molar-refractivity contribution in [2.75, 3.05) is 6.54 Å². The molecule has 1 N–H and O–H groups in total. The highest BCUT2D eigenvalue weighted by molar-refractivity contribution is 4.93. The van der Waals surface area contributed by atoms with Crippen molar-refractivity contribution in [1.82, 2.24) is 5.32 Å². The molecule has 16 heavy (non-hydrogen) atoms. The quantitative estimate of drug-likeness (QED) is 0.638. The fourth-order valence-corrected chi connectivity index (χ4v) is 2.22. The van der Waals surface area contributed by atoms with Crippen LogP contribution in [0.1, 0.15) is 59.3 Å². The molecule has 1 fully saturated rings. The Morgan fingerprint density at radius 3 is 2.75 bits per heavy atom. The summed E-state index contributed by atoms with van der Waals surface area (Å²) < 4.78 is 0. The first-order valence-electron chi connectivity index (χ1n) is 6.73. The molecule has 0 bridgehead atoms. The second-order valence-electron chi connectivity index (χ2n) is 5.80. The summed E-state index contributed by atoms with van der Waals surface area (Å²) in [6.07, 6.45) is 7.49. The summed E-state index contributed by atoms with van der Waals surface area (Å²) in [6, 6.07) is 3.17. The number of rotatable bonds is 8. The van der Waals surface area contributed by atoms with Crippen molar-refractivity contribution in [2.45, 2.75) is 65.3 Å². The van der Waals surface area contributed by atoms with Gasteiger partial charge >= 0.3 is 0 Å². The lowest BCUT2D eigenvalue weighted by Crippen LogP contribution is -2.20. The van der Waals surface area contributed by atoms with Gasteiger partial charge in [0.15, 0.2) is 0 Å². The Labute approximate surface area is 100 Å². The molecule has 0 heterocycles. The van der Waals surface area contributed by atoms with E-state index in [1.807, 2.05) is 13.8 Å². The molecule has 1 saturated carbocycles. The van der Waals surface area contributed by atoms with Crippen molar-refractivity contribution in [2.24, 2.45) is 11.3 Å². The summed E-state index contributed by atoms with van der Waals surface area (Å²) in [6.45, 7) is 7.45. The predicted octanol–water partition coefficient (Wildman–Crippen LogP) is 3.48. The third-order valence-corrected chi connectivity index (χ3v) is 3.52. The molecule has 2 heteroatoms. The Balaban J connectivity index is 1.92. The van der Waals surface area contributed by atoms with Gasteiger partial charge in [0.1, 0.15) is 0 Å². The fourth-order valence-electron chi connectivity index (χ4n) is 2.22. The monoisotopic (exact) mass is 222 g/mol. The number of nitriles is 1. The van der Waals surface area contributed by atoms with Crippen LogP contribution in [0, 0.1) is 22.7 Å². The van der Waals surface area contributed by atoms with Gasteiger partial charge in [0.25, 0.3) is 0 Å². The van der Waals surface area contributed by atoms with Crippen LogP contribution in [0.4, 0.5) is 0 Å². The average Bonchev–Trinajstić information content (AvgIpc) is 2.97. The lowest BCUT2D eigenvalue weighted by atomic mass is 9.89. The summed E-state index contributed by atoms with van der Waals surface area (Å²) in [7, 11) is 0. The maximum atomic E-state index is 8.88. The molecule has 92 valence electrons. The molecular formula is C14H26N2. The zero-order chi connectivity index (χ0) is 12.0. The van der Waals surface area contributed by atoms with E-state index in [0.29, 0.717) is 0 Å². The minimum atomic E-state index is -0.135. The van der Waals surface area contributed by atoms with E-state index < -0.39 is 0 Å². The van der Waals surface area contributed by atoms with Crippen LogP contribution in [0.15, 0.2) is 0 Å². The van der Waals surface area contributed by atoms with Crippen molar-refractivity contribution >= 4 is 0 Å². The Kier molecular flexibility index (Phi) is 5.28. The number of nitrogens with zero attached hydrogens (tertiary/aromatic N) is 1. The maximum Gasteiger partial charge on any atom is 0.0683 e. The van der Waals surface area contributed by atoms with E-state index in [1.54, 1.807) is 0 Å². The standard InChI is InChI=1S/C14H26N2/c1-4-7-12-10-13(12)16-9-6-5-8-14(2,3)11-15/h12-13,16H,4-10H2,1-3H3. The van der Waals surface area contributed by atoms with Crippen molar-refractivity contribution in [3.8, 4) is 6.07 Å². The topological polar surface area (TPSA) is 35.8 Å². The molecule has 2 nitrogen and oxygen atoms in total. The molecule has 2 unspecified atom stereocenters. The second kappa shape index (κ2) is 6.25. The number of hydrogen-bond acceptors (Lipinski definition) is 2. The first-order valence-corrected chi connectivity index (χ1v) is 6.73. The van der Waals surface area contributed by atoms with E-state index in [1.165, 1.54) is 32.1 Å². The van der Waals surface area contributed by atoms with Crippen LogP contribution in [0.3, 0.4) is 0 Å². The zero-order valence-electron chi connectivity index (χ0n) is 11.1. The van der Waals surface area contributed by atoms with E-state index in [-0.39, 0.29) is 5.41 Å². The van der Waals surface area contributed by atoms with Crippen LogP contribution in [0.2, 0.25) is 0 Å². The summed E-state index contributed by atoms with van der Waals surface area (Å²) in [5, 5.41) is 12.5. The van der Waals surface area contributed by atoms with Crippen molar-refractivity contribution in [3.05, 3.63) is 0 Å². The third kappa shape index (κ3) is 4.99. The van der Waals surface area contributed by atoms with Gasteiger partial charge in [-0.25, -0.2) is 0 Å². The highest BCUT2D eigenvalue weighted by Crippen LogP contribution is 2.34. The highest BCUT2D eigenvalue weighted by Gasteiger charge is 2.34. The van der Waals surface area contributed by atoms with Gasteiger partial charge in [0.05, 0.1) is 11.5 Å². The van der Waals surface area contributed by atoms with Gasteiger partial charge in [-0.3, -0.25) is 0 Å². The second-order valence-corrected chi connectivity index (χ2v) is 5.80. The van der Waals surface area contributed by atoms with E-state index in [9.17, 15) is 0 Å². The molecule has 0 radical (unpaired) electrons. The zero-order valence-corrected chi connectivity index (χ0v) is 11.1. The molecule has 0 saturated heterocycles. The molecule has 0 aromatic carbocycles. The Morgan fingerprint density at radius 1 is 1.38 bits per heavy atom. The van der Waals surface area contributed by atoms with Crippen LogP contribution in [-0.2, 0) is 0 Å². The van der Waals surface area contributed by atoms with Gasteiger partial charge < -0.3 is 5.32 Å².